The molecule has 100 valence electrons. The summed E-state index contributed by atoms with van der Waals surface area (Å²) in [5, 5.41) is 0. The van der Waals surface area contributed by atoms with Gasteiger partial charge in [0.05, 0.1) is 0 Å². The van der Waals surface area contributed by atoms with Crippen molar-refractivity contribution < 1.29 is 8.78 Å². The molecule has 0 saturated heterocycles. The first kappa shape index (κ1) is 13.6. The minimum Gasteiger partial charge on any atom is -0.271 e. The molecule has 0 aliphatic carbocycles. The molecule has 19 heavy (non-hydrogen) atoms. The largest absolute Gasteiger partial charge is 0.271 e. The summed E-state index contributed by atoms with van der Waals surface area (Å²) >= 11 is 0. The van der Waals surface area contributed by atoms with Gasteiger partial charge in [-0.1, -0.05) is 30.3 Å². The molecule has 1 unspecified atom stereocenters. The van der Waals surface area contributed by atoms with Crippen molar-refractivity contribution in [3.05, 3.63) is 71.3 Å². The van der Waals surface area contributed by atoms with Gasteiger partial charge in [-0.25, -0.2) is 8.78 Å². The molecule has 2 rings (SSSR count). The second-order valence-electron chi connectivity index (χ2n) is 4.54. The third-order valence-electron chi connectivity index (χ3n) is 2.97. The molecular weight excluding hydrogens is 246 g/mol. The van der Waals surface area contributed by atoms with Crippen LogP contribution in [0.15, 0.2) is 48.5 Å². The van der Waals surface area contributed by atoms with E-state index in [0.29, 0.717) is 18.4 Å². The van der Waals surface area contributed by atoms with Crippen molar-refractivity contribution in [3.8, 4) is 0 Å². The number of hydrazine groups is 1. The van der Waals surface area contributed by atoms with Gasteiger partial charge in [-0.15, -0.1) is 0 Å². The van der Waals surface area contributed by atoms with Crippen LogP contribution in [0.3, 0.4) is 0 Å². The van der Waals surface area contributed by atoms with Crippen LogP contribution in [0.4, 0.5) is 8.78 Å². The molecule has 0 aliphatic heterocycles. The van der Waals surface area contributed by atoms with Crippen molar-refractivity contribution >= 4 is 0 Å². The number of nitrogens with one attached hydrogen (secondary N) is 1. The van der Waals surface area contributed by atoms with E-state index in [1.54, 1.807) is 0 Å². The van der Waals surface area contributed by atoms with Gasteiger partial charge in [0.25, 0.3) is 0 Å². The molecular formula is C15H16F2N2. The molecule has 0 spiro atoms. The first-order chi connectivity index (χ1) is 9.17. The Morgan fingerprint density at radius 2 is 1.47 bits per heavy atom. The van der Waals surface area contributed by atoms with E-state index < -0.39 is 11.6 Å². The van der Waals surface area contributed by atoms with Crippen LogP contribution in [0.2, 0.25) is 0 Å². The lowest BCUT2D eigenvalue weighted by Crippen LogP contribution is -2.38. The van der Waals surface area contributed by atoms with Crippen molar-refractivity contribution in [2.45, 2.75) is 18.9 Å². The summed E-state index contributed by atoms with van der Waals surface area (Å²) in [6.07, 6.45) is 1.18. The molecule has 0 aliphatic rings. The zero-order chi connectivity index (χ0) is 13.7. The van der Waals surface area contributed by atoms with E-state index in [-0.39, 0.29) is 6.04 Å². The molecule has 3 N–H and O–H groups in total. The average molecular weight is 262 g/mol. The second kappa shape index (κ2) is 6.41. The number of halogens is 2. The van der Waals surface area contributed by atoms with Gasteiger partial charge in [0, 0.05) is 12.1 Å². The maximum absolute atomic E-state index is 13.1. The first-order valence-electron chi connectivity index (χ1n) is 6.12. The summed E-state index contributed by atoms with van der Waals surface area (Å²) in [6.45, 7) is 0. The number of hydrogen-bond donors (Lipinski definition) is 2. The van der Waals surface area contributed by atoms with E-state index in [4.69, 9.17) is 5.84 Å². The Kier molecular flexibility index (Phi) is 4.60. The third kappa shape index (κ3) is 4.12. The third-order valence-corrected chi connectivity index (χ3v) is 2.97. The quantitative estimate of drug-likeness (QED) is 0.642. The molecule has 0 heterocycles. The van der Waals surface area contributed by atoms with Gasteiger partial charge < -0.3 is 0 Å². The van der Waals surface area contributed by atoms with Crippen molar-refractivity contribution in [3.63, 3.8) is 0 Å². The minimum atomic E-state index is -0.564. The van der Waals surface area contributed by atoms with E-state index in [9.17, 15) is 8.78 Å². The van der Waals surface area contributed by atoms with Crippen LogP contribution in [0, 0.1) is 11.6 Å². The molecule has 0 bridgehead atoms. The van der Waals surface area contributed by atoms with Crippen LogP contribution in [0.25, 0.3) is 0 Å². The second-order valence-corrected chi connectivity index (χ2v) is 4.54. The highest BCUT2D eigenvalue weighted by Gasteiger charge is 2.10. The van der Waals surface area contributed by atoms with Gasteiger partial charge in [0.1, 0.15) is 11.6 Å². The zero-order valence-corrected chi connectivity index (χ0v) is 10.4. The van der Waals surface area contributed by atoms with E-state index >= 15 is 0 Å². The summed E-state index contributed by atoms with van der Waals surface area (Å²) in [5.41, 5.74) is 4.41. The molecule has 2 nitrogen and oxygen atoms in total. The smallest absolute Gasteiger partial charge is 0.126 e. The number of benzene rings is 2. The molecule has 0 fully saturated rings. The lowest BCUT2D eigenvalue weighted by atomic mass is 9.99. The Hall–Kier alpha value is -1.78. The van der Waals surface area contributed by atoms with E-state index in [2.05, 4.69) is 5.43 Å². The molecule has 0 radical (unpaired) electrons. The molecule has 0 amide bonds. The standard InChI is InChI=1S/C15H16F2N2/c16-13-6-12(7-14(17)10-13)9-15(19-18)8-11-4-2-1-3-5-11/h1-7,10,15,19H,8-9,18H2. The Morgan fingerprint density at radius 3 is 2.05 bits per heavy atom. The summed E-state index contributed by atoms with van der Waals surface area (Å²) in [7, 11) is 0. The lowest BCUT2D eigenvalue weighted by Gasteiger charge is -2.16. The lowest BCUT2D eigenvalue weighted by molar-refractivity contribution is 0.516. The molecule has 0 aromatic heterocycles. The summed E-state index contributed by atoms with van der Waals surface area (Å²) in [5.74, 6) is 4.38. The highest BCUT2D eigenvalue weighted by atomic mass is 19.1. The van der Waals surface area contributed by atoms with Gasteiger partial charge in [-0.3, -0.25) is 11.3 Å². The van der Waals surface area contributed by atoms with Crippen molar-refractivity contribution in [2.24, 2.45) is 5.84 Å². The van der Waals surface area contributed by atoms with Gasteiger partial charge in [-0.05, 0) is 36.1 Å². The zero-order valence-electron chi connectivity index (χ0n) is 10.4. The Balaban J connectivity index is 2.06. The fourth-order valence-corrected chi connectivity index (χ4v) is 2.10. The van der Waals surface area contributed by atoms with Crippen LogP contribution < -0.4 is 11.3 Å². The van der Waals surface area contributed by atoms with E-state index in [0.717, 1.165) is 11.6 Å². The Labute approximate surface area is 111 Å². The number of nitrogens with two attached hydrogens (primary N) is 1. The molecule has 2 aromatic carbocycles. The van der Waals surface area contributed by atoms with Gasteiger partial charge in [-0.2, -0.15) is 0 Å². The number of hydrogen-bond acceptors (Lipinski definition) is 2. The van der Waals surface area contributed by atoms with E-state index in [1.165, 1.54) is 12.1 Å². The highest BCUT2D eigenvalue weighted by molar-refractivity contribution is 5.21. The van der Waals surface area contributed by atoms with Crippen molar-refractivity contribution in [1.82, 2.24) is 5.43 Å². The monoisotopic (exact) mass is 262 g/mol. The van der Waals surface area contributed by atoms with Crippen molar-refractivity contribution in [1.29, 1.82) is 0 Å². The maximum Gasteiger partial charge on any atom is 0.126 e. The Morgan fingerprint density at radius 1 is 0.895 bits per heavy atom. The number of rotatable bonds is 5. The van der Waals surface area contributed by atoms with Gasteiger partial charge in [0.15, 0.2) is 0 Å². The van der Waals surface area contributed by atoms with E-state index in [1.807, 2.05) is 30.3 Å². The van der Waals surface area contributed by atoms with Crippen LogP contribution in [0.5, 0.6) is 0 Å². The van der Waals surface area contributed by atoms with Crippen molar-refractivity contribution in [2.75, 3.05) is 0 Å². The van der Waals surface area contributed by atoms with Gasteiger partial charge >= 0.3 is 0 Å². The predicted molar refractivity (Wildman–Crippen MR) is 71.3 cm³/mol. The predicted octanol–water partition coefficient (Wildman–Crippen LogP) is 2.58. The molecule has 4 heteroatoms. The van der Waals surface area contributed by atoms with Crippen LogP contribution in [0.1, 0.15) is 11.1 Å². The Bertz CT molecular complexity index is 509. The van der Waals surface area contributed by atoms with Crippen LogP contribution in [-0.2, 0) is 12.8 Å². The molecule has 0 saturated carbocycles. The first-order valence-corrected chi connectivity index (χ1v) is 6.12. The summed E-state index contributed by atoms with van der Waals surface area (Å²) < 4.78 is 26.2. The van der Waals surface area contributed by atoms with Crippen LogP contribution >= 0.6 is 0 Å². The van der Waals surface area contributed by atoms with Gasteiger partial charge in [0.2, 0.25) is 0 Å². The molecule has 2 aromatic rings. The average Bonchev–Trinajstić information content (AvgIpc) is 2.38. The fourth-order valence-electron chi connectivity index (χ4n) is 2.10. The highest BCUT2D eigenvalue weighted by Crippen LogP contribution is 2.12. The topological polar surface area (TPSA) is 38.0 Å². The normalized spacial score (nSPS) is 12.4. The minimum absolute atomic E-state index is 0.0661. The van der Waals surface area contributed by atoms with Crippen LogP contribution in [-0.4, -0.2) is 6.04 Å². The summed E-state index contributed by atoms with van der Waals surface area (Å²) in [6, 6.07) is 13.3. The molecule has 1 atom stereocenters. The fraction of sp³-hybridized carbons (Fsp3) is 0.200. The SMILES string of the molecule is NNC(Cc1ccccc1)Cc1cc(F)cc(F)c1. The maximum atomic E-state index is 13.1. The summed E-state index contributed by atoms with van der Waals surface area (Å²) in [4.78, 5) is 0.